The molecule has 5 N–H and O–H groups in total. The van der Waals surface area contributed by atoms with Gasteiger partial charge in [-0.3, -0.25) is 38.7 Å². The zero-order chi connectivity index (χ0) is 64.8. The molecule has 91 heavy (non-hydrogen) atoms. The van der Waals surface area contributed by atoms with Crippen LogP contribution >= 0.6 is 22.7 Å². The van der Waals surface area contributed by atoms with Crippen molar-refractivity contribution in [1.29, 1.82) is 0 Å². The van der Waals surface area contributed by atoms with E-state index in [-0.39, 0.29) is 84.4 Å². The molecule has 2 aromatic heterocycles. The Kier molecular flexibility index (Phi) is 25.7. The third-order valence-electron chi connectivity index (χ3n) is 19.2. The van der Waals surface area contributed by atoms with Gasteiger partial charge in [0, 0.05) is 106 Å². The molecule has 5 amide bonds. The summed E-state index contributed by atoms with van der Waals surface area (Å²) in [4.78, 5) is 76.1. The van der Waals surface area contributed by atoms with Gasteiger partial charge in [0.1, 0.15) is 0 Å². The molecule has 0 bridgehead atoms. The lowest BCUT2D eigenvalue weighted by molar-refractivity contribution is -0.134. The van der Waals surface area contributed by atoms with Crippen molar-refractivity contribution < 1.29 is 24.0 Å². The predicted molar refractivity (Wildman–Crippen MR) is 373 cm³/mol. The van der Waals surface area contributed by atoms with Crippen LogP contribution in [0.4, 0.5) is 5.69 Å². The summed E-state index contributed by atoms with van der Waals surface area (Å²) in [6.45, 7) is 6.08. The molecular formula is C75H97N9O5S2. The molecule has 3 aliphatic rings. The lowest BCUT2D eigenvalue weighted by Crippen LogP contribution is -2.48. The van der Waals surface area contributed by atoms with Crippen molar-refractivity contribution in [2.75, 3.05) is 73.4 Å². The number of amides is 5. The summed E-state index contributed by atoms with van der Waals surface area (Å²) in [5.41, 5.74) is 11.7. The number of anilines is 1. The third-order valence-corrected chi connectivity index (χ3v) is 21.3. The molecule has 5 aromatic carbocycles. The van der Waals surface area contributed by atoms with E-state index in [1.807, 2.05) is 126 Å². The molecule has 2 saturated carbocycles. The van der Waals surface area contributed by atoms with Crippen LogP contribution < -0.4 is 26.6 Å². The van der Waals surface area contributed by atoms with Crippen LogP contribution in [0.5, 0.6) is 0 Å². The monoisotopic (exact) mass is 1270 g/mol. The van der Waals surface area contributed by atoms with Crippen molar-refractivity contribution >= 4 is 57.9 Å². The Morgan fingerprint density at radius 3 is 1.46 bits per heavy atom. The third kappa shape index (κ3) is 18.8. The van der Waals surface area contributed by atoms with Crippen molar-refractivity contribution in [2.45, 2.75) is 138 Å². The molecule has 7 aromatic rings. The summed E-state index contributed by atoms with van der Waals surface area (Å²) in [5, 5.41) is 13.6. The zero-order valence-electron chi connectivity index (χ0n) is 54.7. The van der Waals surface area contributed by atoms with E-state index in [0.29, 0.717) is 6.54 Å². The van der Waals surface area contributed by atoms with Crippen LogP contribution in [0.15, 0.2) is 181 Å². The molecule has 3 fully saturated rings. The summed E-state index contributed by atoms with van der Waals surface area (Å²) in [6.07, 6.45) is 10.8. The van der Waals surface area contributed by atoms with E-state index in [4.69, 9.17) is 5.73 Å². The second-order valence-corrected chi connectivity index (χ2v) is 27.3. The van der Waals surface area contributed by atoms with Gasteiger partial charge in [0.15, 0.2) is 0 Å². The predicted octanol–water partition coefficient (Wildman–Crippen LogP) is 12.2. The van der Waals surface area contributed by atoms with E-state index in [1.165, 1.54) is 32.1 Å². The van der Waals surface area contributed by atoms with E-state index in [2.05, 4.69) is 166 Å². The Hall–Kier alpha value is -7.47. The molecule has 0 radical (unpaired) electrons. The van der Waals surface area contributed by atoms with Crippen molar-refractivity contribution in [1.82, 2.24) is 35.6 Å². The molecule has 2 aliphatic carbocycles. The zero-order valence-corrected chi connectivity index (χ0v) is 56.3. The van der Waals surface area contributed by atoms with E-state index in [9.17, 15) is 24.0 Å². The van der Waals surface area contributed by atoms with Crippen molar-refractivity contribution in [2.24, 2.45) is 5.73 Å². The molecule has 0 spiro atoms. The maximum absolute atomic E-state index is 13.0. The van der Waals surface area contributed by atoms with E-state index < -0.39 is 5.41 Å². The van der Waals surface area contributed by atoms with Crippen LogP contribution in [0.2, 0.25) is 0 Å². The standard InChI is InChI=1S/C34H44N4O2S.C26H38N4O2S.C15H15NO/c1-36(2)34(31-10-7-23-41-31)20-17-29(18-21-34)35-32(39)15-16-33(40)37(3)30-19-22-38(25-30)24-26-11-13-28(14-12-26)27-8-5-4-6-9-27;1-29(2)26(23-11-7-20-33-23)16-14-21(15-17-26)28-25(32)13-12-24(31)27-18-8-19-30(3)22-9-5-4-6-10-22;1-15(14(16)17,12-8-4-2-5-9-12)13-10-6-3-7-11-13/h4-14,23,29-30H,15-22,24-25H2,1-3H3,(H,35,39);4-7,9-11,20-21H,8,12-19H2,1-3H3,(H,27,31)(H,28,32);2-11H,1H3,(H2,16,17). The first kappa shape index (κ1) is 69.4. The number of rotatable bonds is 24. The maximum Gasteiger partial charge on any atom is 0.232 e. The van der Waals surface area contributed by atoms with E-state index >= 15 is 0 Å². The number of para-hydroxylation sites is 1. The summed E-state index contributed by atoms with van der Waals surface area (Å²) in [5.74, 6) is -0.354. The Labute approximate surface area is 549 Å². The fourth-order valence-electron chi connectivity index (χ4n) is 13.2. The maximum atomic E-state index is 13.0. The highest BCUT2D eigenvalue weighted by Gasteiger charge is 2.42. The van der Waals surface area contributed by atoms with Gasteiger partial charge in [-0.2, -0.15) is 0 Å². The van der Waals surface area contributed by atoms with Gasteiger partial charge in [-0.25, -0.2) is 0 Å². The lowest BCUT2D eigenvalue weighted by atomic mass is 9.76. The number of nitrogens with one attached hydrogen (secondary N) is 3. The number of nitrogens with zero attached hydrogens (tertiary/aromatic N) is 5. The van der Waals surface area contributed by atoms with Gasteiger partial charge in [0.25, 0.3) is 0 Å². The molecule has 1 aliphatic heterocycles. The Bertz CT molecular complexity index is 3280. The van der Waals surface area contributed by atoms with Crippen molar-refractivity contribution in [3.05, 3.63) is 207 Å². The van der Waals surface area contributed by atoms with E-state index in [1.54, 1.807) is 0 Å². The van der Waals surface area contributed by atoms with Gasteiger partial charge in [-0.15, -0.1) is 22.7 Å². The summed E-state index contributed by atoms with van der Waals surface area (Å²) >= 11 is 3.64. The number of likely N-dealkylation sites (N-methyl/N-ethyl adjacent to an activating group) is 1. The average Bonchev–Trinajstić information content (AvgIpc) is 1.73. The van der Waals surface area contributed by atoms with Gasteiger partial charge < -0.3 is 31.5 Å². The highest BCUT2D eigenvalue weighted by molar-refractivity contribution is 7.10. The lowest BCUT2D eigenvalue weighted by Gasteiger charge is -2.44. The SMILES string of the molecule is CC(C(N)=O)(c1ccccc1)c1ccccc1.CN(C(=O)CCC(=O)NC1CCC(c2cccs2)(N(C)C)CC1)C1CCN(Cc2ccc(-c3ccccc3)cc2)C1.CN(CCCNC(=O)CCC(=O)NC1CCC(c2cccs2)(N(C)C)CC1)c1ccccc1. The fraction of sp³-hybridized carbons (Fsp3) is 0.427. The molecule has 16 heteroatoms. The highest BCUT2D eigenvalue weighted by Crippen LogP contribution is 2.44. The number of primary amides is 1. The second kappa shape index (κ2) is 33.7. The van der Waals surface area contributed by atoms with Gasteiger partial charge >= 0.3 is 0 Å². The smallest absolute Gasteiger partial charge is 0.232 e. The Morgan fingerprint density at radius 1 is 0.549 bits per heavy atom. The molecule has 1 unspecified atom stereocenters. The number of nitrogens with two attached hydrogens (primary N) is 1. The van der Waals surface area contributed by atoms with Crippen LogP contribution in [0.25, 0.3) is 11.1 Å². The number of carbonyl (C=O) groups excluding carboxylic acids is 5. The van der Waals surface area contributed by atoms with Crippen LogP contribution in [-0.4, -0.2) is 136 Å². The van der Waals surface area contributed by atoms with Gasteiger partial charge in [-0.05, 0) is 162 Å². The normalized spacial score (nSPS) is 19.9. The number of likely N-dealkylation sites (tertiary alicyclic amines) is 1. The van der Waals surface area contributed by atoms with Crippen molar-refractivity contribution in [3.63, 3.8) is 0 Å². The fourth-order valence-corrected chi connectivity index (χ4v) is 15.4. The highest BCUT2D eigenvalue weighted by atomic mass is 32.1. The summed E-state index contributed by atoms with van der Waals surface area (Å²) < 4.78 is 0. The molecule has 3 heterocycles. The molecular weight excluding hydrogens is 1170 g/mol. The Balaban J connectivity index is 0.000000190. The first-order valence-electron chi connectivity index (χ1n) is 32.5. The van der Waals surface area contributed by atoms with Crippen molar-refractivity contribution in [3.8, 4) is 11.1 Å². The summed E-state index contributed by atoms with van der Waals surface area (Å²) in [7, 11) is 12.6. The molecule has 10 rings (SSSR count). The van der Waals surface area contributed by atoms with Gasteiger partial charge in [0.2, 0.25) is 29.5 Å². The minimum absolute atomic E-state index is 0.00257. The number of thiophene rings is 2. The Morgan fingerprint density at radius 2 is 1.00 bits per heavy atom. The number of carbonyl (C=O) groups is 5. The van der Waals surface area contributed by atoms with Crippen LogP contribution in [0, 0.1) is 0 Å². The largest absolute Gasteiger partial charge is 0.375 e. The number of hydrogen-bond acceptors (Lipinski definition) is 11. The minimum atomic E-state index is -0.775. The quantitative estimate of drug-likeness (QED) is 0.0431. The molecule has 484 valence electrons. The summed E-state index contributed by atoms with van der Waals surface area (Å²) in [6, 6.07) is 57.9. The number of benzene rings is 5. The molecule has 1 saturated heterocycles. The van der Waals surface area contributed by atoms with E-state index in [0.717, 1.165) is 102 Å². The second-order valence-electron chi connectivity index (χ2n) is 25.4. The molecule has 1 atom stereocenters. The minimum Gasteiger partial charge on any atom is -0.375 e. The average molecular weight is 1270 g/mol. The first-order valence-corrected chi connectivity index (χ1v) is 34.2. The number of hydrogen-bond donors (Lipinski definition) is 4. The first-order chi connectivity index (χ1) is 43.9. The van der Waals surface area contributed by atoms with Gasteiger partial charge in [-0.1, -0.05) is 146 Å². The van der Waals surface area contributed by atoms with Crippen LogP contribution in [0.1, 0.15) is 123 Å². The van der Waals surface area contributed by atoms with Gasteiger partial charge in [0.05, 0.1) is 16.5 Å². The molecule has 14 nitrogen and oxygen atoms in total. The topological polar surface area (TPSA) is 164 Å². The van der Waals surface area contributed by atoms with Crippen LogP contribution in [-0.2, 0) is 47.0 Å². The van der Waals surface area contributed by atoms with Crippen LogP contribution in [0.3, 0.4) is 0 Å².